The summed E-state index contributed by atoms with van der Waals surface area (Å²) in [7, 11) is 0. The average Bonchev–Trinajstić information content (AvgIpc) is 3.49. The van der Waals surface area contributed by atoms with Gasteiger partial charge in [-0.05, 0) is 48.4 Å². The Balaban J connectivity index is 0.000000196. The van der Waals surface area contributed by atoms with Gasteiger partial charge < -0.3 is 19.5 Å². The van der Waals surface area contributed by atoms with Crippen LogP contribution in [0, 0.1) is 6.92 Å². The largest absolute Gasteiger partial charge is 0.414 e. The smallest absolute Gasteiger partial charge is 0.284 e. The molecule has 0 aliphatic carbocycles. The third-order valence-electron chi connectivity index (χ3n) is 5.46. The summed E-state index contributed by atoms with van der Waals surface area (Å²) in [6.07, 6.45) is 3.00. The molecule has 8 nitrogen and oxygen atoms in total. The van der Waals surface area contributed by atoms with Gasteiger partial charge in [-0.1, -0.05) is 57.2 Å². The van der Waals surface area contributed by atoms with E-state index >= 15 is 0 Å². The third kappa shape index (κ3) is 7.63. The van der Waals surface area contributed by atoms with E-state index < -0.39 is 0 Å². The molecule has 0 saturated carbocycles. The number of nitrogens with zero attached hydrogens (tertiary/aromatic N) is 4. The van der Waals surface area contributed by atoms with E-state index in [1.165, 1.54) is 27.9 Å². The number of benzene rings is 2. The third-order valence-corrected chi connectivity index (χ3v) is 6.10. The van der Waals surface area contributed by atoms with Crippen LogP contribution in [-0.2, 0) is 32.4 Å². The second-order valence-corrected chi connectivity index (χ2v) is 9.08. The predicted octanol–water partition coefficient (Wildman–Crippen LogP) is 6.88. The van der Waals surface area contributed by atoms with Crippen molar-refractivity contribution >= 4 is 43.2 Å². The van der Waals surface area contributed by atoms with Gasteiger partial charge in [0.05, 0.1) is 13.1 Å². The van der Waals surface area contributed by atoms with Gasteiger partial charge >= 0.3 is 0 Å². The van der Waals surface area contributed by atoms with Gasteiger partial charge in [0.2, 0.25) is 11.8 Å². The van der Waals surface area contributed by atoms with Gasteiger partial charge in [0.15, 0.2) is 0 Å². The zero-order chi connectivity index (χ0) is 25.2. The lowest BCUT2D eigenvalue weighted by molar-refractivity contribution is 0.479. The van der Waals surface area contributed by atoms with Crippen LogP contribution in [0.15, 0.2) is 54.8 Å². The quantitative estimate of drug-likeness (QED) is 0.213. The van der Waals surface area contributed by atoms with Crippen molar-refractivity contribution in [2.75, 3.05) is 10.6 Å². The second-order valence-electron chi connectivity index (χ2n) is 7.73. The number of halogens is 2. The van der Waals surface area contributed by atoms with Crippen molar-refractivity contribution < 1.29 is 8.83 Å². The van der Waals surface area contributed by atoms with Gasteiger partial charge in [-0.15, -0.1) is 20.4 Å². The minimum absolute atomic E-state index is 0.412. The topological polar surface area (TPSA) is 102 Å². The monoisotopic (exact) mass is 604 g/mol. The van der Waals surface area contributed by atoms with Crippen molar-refractivity contribution in [3.63, 3.8) is 0 Å². The van der Waals surface area contributed by atoms with Crippen LogP contribution < -0.4 is 10.6 Å². The Kier molecular flexibility index (Phi) is 10.3. The maximum atomic E-state index is 5.28. The molecule has 0 aliphatic heterocycles. The van der Waals surface area contributed by atoms with E-state index in [2.05, 4.69) is 127 Å². The van der Waals surface area contributed by atoms with Crippen LogP contribution in [0.1, 0.15) is 54.8 Å². The number of rotatable bonds is 9. The van der Waals surface area contributed by atoms with Crippen molar-refractivity contribution in [3.05, 3.63) is 80.0 Å². The van der Waals surface area contributed by atoms with Gasteiger partial charge in [-0.2, -0.15) is 0 Å². The molecule has 0 aliphatic rings. The molecule has 0 saturated heterocycles. The summed E-state index contributed by atoms with van der Waals surface area (Å²) in [6, 6.07) is 12.7. The van der Waals surface area contributed by atoms with Crippen LogP contribution >= 0.6 is 31.9 Å². The van der Waals surface area contributed by atoms with E-state index in [0.29, 0.717) is 34.5 Å². The zero-order valence-corrected chi connectivity index (χ0v) is 23.5. The van der Waals surface area contributed by atoms with Crippen LogP contribution in [0.4, 0.5) is 11.4 Å². The first-order valence-corrected chi connectivity index (χ1v) is 13.2. The Labute approximate surface area is 222 Å². The highest BCUT2D eigenvalue weighted by Gasteiger charge is 2.09. The summed E-state index contributed by atoms with van der Waals surface area (Å²) >= 11 is 6.28. The van der Waals surface area contributed by atoms with Crippen LogP contribution in [0.25, 0.3) is 0 Å². The number of aryl methyl sites for hydroxylation is 4. The first-order valence-electron chi connectivity index (χ1n) is 11.6. The summed E-state index contributed by atoms with van der Waals surface area (Å²) in [5.74, 6) is 1.15. The maximum absolute atomic E-state index is 5.28. The van der Waals surface area contributed by atoms with E-state index in [-0.39, 0.29) is 0 Å². The molecule has 0 radical (unpaired) electrons. The van der Waals surface area contributed by atoms with Gasteiger partial charge in [-0.3, -0.25) is 0 Å². The molecule has 0 unspecified atom stereocenters. The summed E-state index contributed by atoms with van der Waals surface area (Å²) in [4.78, 5) is 0.827. The Morgan fingerprint density at radius 2 is 1.09 bits per heavy atom. The van der Waals surface area contributed by atoms with Crippen molar-refractivity contribution in [3.8, 4) is 0 Å². The highest BCUT2D eigenvalue weighted by atomic mass is 79.9. The fourth-order valence-corrected chi connectivity index (χ4v) is 4.22. The normalized spacial score (nSPS) is 10.6. The number of hydrogen-bond acceptors (Lipinski definition) is 8. The van der Waals surface area contributed by atoms with Crippen LogP contribution in [-0.4, -0.2) is 20.4 Å². The molecule has 0 spiro atoms. The lowest BCUT2D eigenvalue weighted by atomic mass is 10.0. The molecule has 2 N–H and O–H groups in total. The molecular formula is C25H30Br2N6O2. The number of hydrogen-bond donors (Lipinski definition) is 2. The van der Waals surface area contributed by atoms with Gasteiger partial charge in [-0.25, -0.2) is 0 Å². The fraction of sp³-hybridized carbons (Fsp3) is 0.360. The number of aromatic nitrogens is 4. The van der Waals surface area contributed by atoms with Crippen LogP contribution in [0.3, 0.4) is 0 Å². The molecule has 0 bridgehead atoms. The Bertz CT molecular complexity index is 1200. The number of anilines is 2. The molecule has 2 aromatic carbocycles. The van der Waals surface area contributed by atoms with E-state index in [4.69, 9.17) is 8.83 Å². The van der Waals surface area contributed by atoms with E-state index in [1.807, 2.05) is 0 Å². The van der Waals surface area contributed by atoms with Crippen molar-refractivity contribution in [1.29, 1.82) is 0 Å². The molecular weight excluding hydrogens is 576 g/mol. The molecule has 0 amide bonds. The average molecular weight is 606 g/mol. The number of para-hydroxylation sites is 2. The molecule has 0 fully saturated rings. The Morgan fingerprint density at radius 1 is 0.657 bits per heavy atom. The molecule has 4 aromatic rings. The molecule has 10 heteroatoms. The zero-order valence-electron chi connectivity index (χ0n) is 20.4. The summed E-state index contributed by atoms with van der Waals surface area (Å²) in [5, 5.41) is 22.1. The predicted molar refractivity (Wildman–Crippen MR) is 144 cm³/mol. The first kappa shape index (κ1) is 26.9. The molecule has 0 atom stereocenters. The summed E-state index contributed by atoms with van der Waals surface area (Å²) < 4.78 is 10.5. The maximum Gasteiger partial charge on any atom is 0.284 e. The van der Waals surface area contributed by atoms with Gasteiger partial charge in [0.25, 0.3) is 9.60 Å². The molecule has 35 heavy (non-hydrogen) atoms. The van der Waals surface area contributed by atoms with E-state index in [1.54, 1.807) is 0 Å². The minimum atomic E-state index is 0.412. The standard InChI is InChI=1S/C13H16BrN3O.C12H14BrN3O/c1-3-9-6-5-7-10(4-2)12(9)15-8-11-16-17-13(14)18-11;1-3-9-6-4-5-8(2)11(9)14-7-10-15-16-12(13)17-10/h5-7,15H,3-4,8H2,1-2H3;4-6,14H,3,7H2,1-2H3. The Morgan fingerprint density at radius 3 is 1.51 bits per heavy atom. The lowest BCUT2D eigenvalue weighted by Crippen LogP contribution is -2.05. The highest BCUT2D eigenvalue weighted by molar-refractivity contribution is 9.10. The second kappa shape index (κ2) is 13.4. The van der Waals surface area contributed by atoms with Crippen molar-refractivity contribution in [2.24, 2.45) is 0 Å². The van der Waals surface area contributed by atoms with Gasteiger partial charge in [0, 0.05) is 43.2 Å². The van der Waals surface area contributed by atoms with Crippen LogP contribution in [0.2, 0.25) is 0 Å². The number of nitrogens with one attached hydrogen (secondary N) is 2. The lowest BCUT2D eigenvalue weighted by Gasteiger charge is -2.13. The minimum Gasteiger partial charge on any atom is -0.414 e. The van der Waals surface area contributed by atoms with Crippen molar-refractivity contribution in [1.82, 2.24) is 20.4 Å². The molecule has 2 heterocycles. The van der Waals surface area contributed by atoms with E-state index in [0.717, 1.165) is 24.9 Å². The first-order chi connectivity index (χ1) is 16.9. The summed E-state index contributed by atoms with van der Waals surface area (Å²) in [5.41, 5.74) is 7.49. The highest BCUT2D eigenvalue weighted by Crippen LogP contribution is 2.24. The SMILES string of the molecule is CCc1cccc(C)c1NCc1nnc(Br)o1.CCc1cccc(CC)c1NCc1nnc(Br)o1. The van der Waals surface area contributed by atoms with Crippen LogP contribution in [0.5, 0.6) is 0 Å². The summed E-state index contributed by atoms with van der Waals surface area (Å²) in [6.45, 7) is 9.63. The fourth-order valence-electron chi connectivity index (χ4n) is 3.68. The molecule has 4 rings (SSSR count). The van der Waals surface area contributed by atoms with Gasteiger partial charge in [0.1, 0.15) is 0 Å². The molecule has 2 aromatic heterocycles. The molecule has 186 valence electrons. The van der Waals surface area contributed by atoms with Crippen molar-refractivity contribution in [2.45, 2.75) is 60.0 Å². The Hall–Kier alpha value is -2.72. The van der Waals surface area contributed by atoms with E-state index in [9.17, 15) is 0 Å².